The molecule has 4 rings (SSSR count). The van der Waals surface area contributed by atoms with Crippen molar-refractivity contribution in [3.05, 3.63) is 72.0 Å². The van der Waals surface area contributed by atoms with Crippen molar-refractivity contribution in [1.29, 1.82) is 0 Å². The highest BCUT2D eigenvalue weighted by atomic mass is 16.5. The van der Waals surface area contributed by atoms with E-state index in [1.54, 1.807) is 6.08 Å². The molecule has 0 unspecified atom stereocenters. The number of hydrogen-bond acceptors (Lipinski definition) is 3. The summed E-state index contributed by atoms with van der Waals surface area (Å²) in [4.78, 5) is 12.3. The highest BCUT2D eigenvalue weighted by Crippen LogP contribution is 2.41. The van der Waals surface area contributed by atoms with Gasteiger partial charge in [0.25, 0.3) is 0 Å². The lowest BCUT2D eigenvalue weighted by molar-refractivity contribution is -0.116. The summed E-state index contributed by atoms with van der Waals surface area (Å²) >= 11 is 0. The Morgan fingerprint density at radius 1 is 1.09 bits per heavy atom. The van der Waals surface area contributed by atoms with Crippen molar-refractivity contribution in [3.8, 4) is 16.9 Å². The van der Waals surface area contributed by atoms with Gasteiger partial charge >= 0.3 is 0 Å². The van der Waals surface area contributed by atoms with Gasteiger partial charge in [-0.3, -0.25) is 4.79 Å². The normalized spacial score (nSPS) is 11.8. The monoisotopic (exact) mass is 427 g/mol. The Kier molecular flexibility index (Phi) is 6.31. The fourth-order valence-corrected chi connectivity index (χ4v) is 4.09. The van der Waals surface area contributed by atoms with Gasteiger partial charge in [0.2, 0.25) is 5.91 Å². The highest BCUT2D eigenvalue weighted by Gasteiger charge is 2.19. The van der Waals surface area contributed by atoms with Gasteiger partial charge in [0.05, 0.1) is 12.9 Å². The summed E-state index contributed by atoms with van der Waals surface area (Å²) < 4.78 is 12.0. The molecule has 0 fully saturated rings. The second-order valence-corrected chi connectivity index (χ2v) is 8.02. The Labute approximate surface area is 188 Å². The molecule has 1 aromatic heterocycles. The number of rotatable bonds is 7. The molecule has 0 aliphatic heterocycles. The number of benzene rings is 3. The lowest BCUT2D eigenvalue weighted by Gasteiger charge is -2.15. The molecule has 32 heavy (non-hydrogen) atoms. The molecule has 0 atom stereocenters. The predicted molar refractivity (Wildman–Crippen MR) is 132 cm³/mol. The fraction of sp³-hybridized carbons (Fsp3) is 0.250. The van der Waals surface area contributed by atoms with E-state index in [-0.39, 0.29) is 5.91 Å². The van der Waals surface area contributed by atoms with Crippen LogP contribution in [0.15, 0.2) is 65.3 Å². The van der Waals surface area contributed by atoms with Crippen LogP contribution >= 0.6 is 0 Å². The number of allylic oxidation sites excluding steroid dienone is 1. The first-order valence-electron chi connectivity index (χ1n) is 11.2. The molecular formula is C28H29NO3. The van der Waals surface area contributed by atoms with Crippen molar-refractivity contribution >= 4 is 33.2 Å². The van der Waals surface area contributed by atoms with E-state index >= 15 is 0 Å². The van der Waals surface area contributed by atoms with Crippen LogP contribution in [0.25, 0.3) is 38.4 Å². The van der Waals surface area contributed by atoms with Crippen LogP contribution in [0.3, 0.4) is 0 Å². The van der Waals surface area contributed by atoms with E-state index < -0.39 is 0 Å². The third kappa shape index (κ3) is 4.13. The number of nitrogens with one attached hydrogen (secondary N) is 1. The van der Waals surface area contributed by atoms with Crippen molar-refractivity contribution in [2.24, 2.45) is 0 Å². The molecule has 0 saturated heterocycles. The first-order chi connectivity index (χ1) is 15.5. The molecule has 164 valence electrons. The van der Waals surface area contributed by atoms with Gasteiger partial charge in [-0.1, -0.05) is 43.3 Å². The average molecular weight is 428 g/mol. The number of ether oxygens (including phenoxy) is 1. The van der Waals surface area contributed by atoms with Crippen LogP contribution in [-0.2, 0) is 4.79 Å². The SMILES string of the molecule is CCCNC(=O)/C=C(\C)c1cc2c(-c3ccc4ccccc4c3)coc2c(C)c1OCC. The number of hydrogen-bond donors (Lipinski definition) is 1. The molecule has 0 bridgehead atoms. The van der Waals surface area contributed by atoms with Crippen molar-refractivity contribution in [2.45, 2.75) is 34.1 Å². The third-order valence-corrected chi connectivity index (χ3v) is 5.71. The van der Waals surface area contributed by atoms with E-state index in [1.165, 1.54) is 10.8 Å². The molecule has 1 N–H and O–H groups in total. The second kappa shape index (κ2) is 9.31. The Bertz CT molecular complexity index is 1310. The number of carbonyl (C=O) groups is 1. The Morgan fingerprint density at radius 2 is 1.88 bits per heavy atom. The minimum absolute atomic E-state index is 0.0912. The predicted octanol–water partition coefficient (Wildman–Crippen LogP) is 6.89. The van der Waals surface area contributed by atoms with Crippen LogP contribution in [0, 0.1) is 6.92 Å². The molecule has 0 aliphatic carbocycles. The van der Waals surface area contributed by atoms with E-state index in [4.69, 9.17) is 9.15 Å². The van der Waals surface area contributed by atoms with Crippen LogP contribution in [0.5, 0.6) is 5.75 Å². The number of carbonyl (C=O) groups excluding carboxylic acids is 1. The van der Waals surface area contributed by atoms with Crippen LogP contribution < -0.4 is 10.1 Å². The van der Waals surface area contributed by atoms with Gasteiger partial charge in [0, 0.05) is 34.7 Å². The van der Waals surface area contributed by atoms with Crippen LogP contribution in [-0.4, -0.2) is 19.1 Å². The Morgan fingerprint density at radius 3 is 2.62 bits per heavy atom. The Balaban J connectivity index is 1.87. The molecule has 1 amide bonds. The third-order valence-electron chi connectivity index (χ3n) is 5.71. The van der Waals surface area contributed by atoms with Crippen molar-refractivity contribution < 1.29 is 13.9 Å². The maximum Gasteiger partial charge on any atom is 0.244 e. The molecule has 1 heterocycles. The molecule has 4 nitrogen and oxygen atoms in total. The van der Waals surface area contributed by atoms with E-state index in [2.05, 4.69) is 41.7 Å². The quantitative estimate of drug-likeness (QED) is 0.327. The van der Waals surface area contributed by atoms with Gasteiger partial charge in [-0.05, 0) is 61.2 Å². The molecular weight excluding hydrogens is 398 g/mol. The summed E-state index contributed by atoms with van der Waals surface area (Å²) in [5.74, 6) is 0.669. The van der Waals surface area contributed by atoms with Crippen LogP contribution in [0.2, 0.25) is 0 Å². The maximum atomic E-state index is 12.3. The topological polar surface area (TPSA) is 51.5 Å². The van der Waals surface area contributed by atoms with Crippen LogP contribution in [0.1, 0.15) is 38.3 Å². The molecule has 3 aromatic carbocycles. The number of aryl methyl sites for hydroxylation is 1. The van der Waals surface area contributed by atoms with E-state index in [0.717, 1.165) is 51.0 Å². The zero-order valence-corrected chi connectivity index (χ0v) is 19.1. The maximum absolute atomic E-state index is 12.3. The molecule has 4 aromatic rings. The largest absolute Gasteiger partial charge is 0.493 e. The van der Waals surface area contributed by atoms with Crippen LogP contribution in [0.4, 0.5) is 0 Å². The van der Waals surface area contributed by atoms with Gasteiger partial charge in [-0.25, -0.2) is 0 Å². The molecule has 4 heteroatoms. The fourth-order valence-electron chi connectivity index (χ4n) is 4.09. The highest BCUT2D eigenvalue weighted by molar-refractivity contribution is 6.02. The van der Waals surface area contributed by atoms with Crippen molar-refractivity contribution in [3.63, 3.8) is 0 Å². The molecule has 0 saturated carbocycles. The van der Waals surface area contributed by atoms with Gasteiger partial charge in [0.1, 0.15) is 11.3 Å². The average Bonchev–Trinajstić information content (AvgIpc) is 3.23. The van der Waals surface area contributed by atoms with Gasteiger partial charge in [0.15, 0.2) is 0 Å². The summed E-state index contributed by atoms with van der Waals surface area (Å²) in [5.41, 5.74) is 5.64. The summed E-state index contributed by atoms with van der Waals surface area (Å²) in [6, 6.07) is 16.9. The summed E-state index contributed by atoms with van der Waals surface area (Å²) in [6.07, 6.45) is 4.36. The number of furan rings is 1. The molecule has 0 spiro atoms. The smallest absolute Gasteiger partial charge is 0.244 e. The Hall–Kier alpha value is -3.53. The second-order valence-electron chi connectivity index (χ2n) is 8.02. The first-order valence-corrected chi connectivity index (χ1v) is 11.2. The zero-order chi connectivity index (χ0) is 22.7. The molecule has 0 aliphatic rings. The summed E-state index contributed by atoms with van der Waals surface area (Å²) in [7, 11) is 0. The van der Waals surface area contributed by atoms with Crippen molar-refractivity contribution in [2.75, 3.05) is 13.2 Å². The minimum Gasteiger partial charge on any atom is -0.493 e. The summed E-state index contributed by atoms with van der Waals surface area (Å²) in [5, 5.41) is 6.31. The van der Waals surface area contributed by atoms with Crippen molar-refractivity contribution in [1.82, 2.24) is 5.32 Å². The minimum atomic E-state index is -0.0912. The lowest BCUT2D eigenvalue weighted by Crippen LogP contribution is -2.21. The van der Waals surface area contributed by atoms with E-state index in [1.807, 2.05) is 46.1 Å². The lowest BCUT2D eigenvalue weighted by atomic mass is 9.95. The zero-order valence-electron chi connectivity index (χ0n) is 19.1. The molecule has 0 radical (unpaired) electrons. The van der Waals surface area contributed by atoms with Gasteiger partial charge in [-0.2, -0.15) is 0 Å². The van der Waals surface area contributed by atoms with E-state index in [9.17, 15) is 4.79 Å². The van der Waals surface area contributed by atoms with E-state index in [0.29, 0.717) is 13.2 Å². The first kappa shape index (κ1) is 21.7. The van der Waals surface area contributed by atoms with Gasteiger partial charge < -0.3 is 14.5 Å². The number of fused-ring (bicyclic) bond motifs is 2. The summed E-state index contributed by atoms with van der Waals surface area (Å²) in [6.45, 7) is 9.15. The standard InChI is InChI=1S/C28H29NO3/c1-5-13-29-26(30)14-18(3)23-16-24-25(17-32-28(24)19(4)27(23)31-6-2)22-12-11-20-9-7-8-10-21(20)15-22/h7-12,14-17H,5-6,13H2,1-4H3,(H,29,30)/b18-14+. The number of amides is 1. The van der Waals surface area contributed by atoms with Gasteiger partial charge in [-0.15, -0.1) is 0 Å².